The summed E-state index contributed by atoms with van der Waals surface area (Å²) >= 11 is 0. The van der Waals surface area contributed by atoms with E-state index in [9.17, 15) is 8.42 Å². The fraction of sp³-hybridized carbons (Fsp3) is 0.136. The first kappa shape index (κ1) is 19.0. The van der Waals surface area contributed by atoms with Crippen LogP contribution in [0.2, 0.25) is 0 Å². The van der Waals surface area contributed by atoms with Crippen molar-refractivity contribution < 1.29 is 12.8 Å². The number of fused-ring (bicyclic) bond motifs is 1. The van der Waals surface area contributed by atoms with Gasteiger partial charge in [-0.25, -0.2) is 13.4 Å². The van der Waals surface area contributed by atoms with Gasteiger partial charge in [0.2, 0.25) is 0 Å². The van der Waals surface area contributed by atoms with Gasteiger partial charge in [0.15, 0.2) is 9.84 Å². The van der Waals surface area contributed by atoms with Gasteiger partial charge in [-0.05, 0) is 61.5 Å². The van der Waals surface area contributed by atoms with Crippen LogP contribution in [0.1, 0.15) is 11.5 Å². The van der Waals surface area contributed by atoms with Crippen LogP contribution < -0.4 is 10.6 Å². The Morgan fingerprint density at radius 2 is 1.83 bits per heavy atom. The molecule has 0 bridgehead atoms. The summed E-state index contributed by atoms with van der Waals surface area (Å²) in [6, 6.07) is 20.3. The van der Waals surface area contributed by atoms with Crippen molar-refractivity contribution in [2.45, 2.75) is 18.4 Å². The minimum atomic E-state index is -3.26. The van der Waals surface area contributed by atoms with Gasteiger partial charge in [0, 0.05) is 23.0 Å². The molecule has 2 N–H and O–H groups in total. The van der Waals surface area contributed by atoms with E-state index in [0.717, 1.165) is 33.9 Å². The molecule has 0 amide bonds. The number of rotatable bonds is 6. The highest BCUT2D eigenvalue weighted by Gasteiger charge is 2.09. The molecule has 7 heteroatoms. The Bertz CT molecular complexity index is 1280. The highest BCUT2D eigenvalue weighted by Crippen LogP contribution is 2.27. The summed E-state index contributed by atoms with van der Waals surface area (Å²) in [4.78, 5) is 4.95. The molecule has 2 aromatic heterocycles. The molecular formula is C22H21N3O3S. The van der Waals surface area contributed by atoms with Gasteiger partial charge in [0.25, 0.3) is 0 Å². The maximum absolute atomic E-state index is 11.8. The lowest BCUT2D eigenvalue weighted by Gasteiger charge is -2.12. The fourth-order valence-electron chi connectivity index (χ4n) is 3.08. The lowest BCUT2D eigenvalue weighted by atomic mass is 10.1. The number of pyridine rings is 1. The molecule has 4 rings (SSSR count). The lowest BCUT2D eigenvalue weighted by molar-refractivity contribution is 0.490. The van der Waals surface area contributed by atoms with Crippen LogP contribution in [0.5, 0.6) is 0 Å². The largest absolute Gasteiger partial charge is 0.465 e. The molecule has 2 heterocycles. The molecule has 0 fully saturated rings. The predicted molar refractivity (Wildman–Crippen MR) is 115 cm³/mol. The molecule has 0 radical (unpaired) electrons. The minimum absolute atomic E-state index is 0.278. The number of aromatic nitrogens is 1. The molecule has 148 valence electrons. The zero-order valence-electron chi connectivity index (χ0n) is 16.1. The molecule has 29 heavy (non-hydrogen) atoms. The number of furan rings is 1. The van der Waals surface area contributed by atoms with Crippen molar-refractivity contribution in [1.82, 2.24) is 4.98 Å². The van der Waals surface area contributed by atoms with Crippen molar-refractivity contribution >= 4 is 37.9 Å². The van der Waals surface area contributed by atoms with Crippen molar-refractivity contribution in [2.24, 2.45) is 0 Å². The van der Waals surface area contributed by atoms with E-state index in [1.807, 2.05) is 55.5 Å². The first-order valence-corrected chi connectivity index (χ1v) is 11.0. The van der Waals surface area contributed by atoms with Gasteiger partial charge in [-0.3, -0.25) is 0 Å². The Balaban J connectivity index is 1.58. The normalized spacial score (nSPS) is 11.5. The monoisotopic (exact) mass is 407 g/mol. The standard InChI is InChI=1S/C22H21N3O3S/c1-15-9-10-17(28-15)14-23-22-12-11-19-20(7-4-8-21(19)25-22)24-16-5-3-6-18(13-16)29(2,26)27/h3-13,24H,14H2,1-2H3,(H,23,25). The number of aryl methyl sites for hydroxylation is 1. The smallest absolute Gasteiger partial charge is 0.175 e. The highest BCUT2D eigenvalue weighted by molar-refractivity contribution is 7.90. The van der Waals surface area contributed by atoms with E-state index in [0.29, 0.717) is 12.2 Å². The molecular weight excluding hydrogens is 386 g/mol. The van der Waals surface area contributed by atoms with E-state index in [4.69, 9.17) is 4.42 Å². The Labute approximate surface area is 169 Å². The lowest BCUT2D eigenvalue weighted by Crippen LogP contribution is -2.01. The molecule has 6 nitrogen and oxygen atoms in total. The van der Waals surface area contributed by atoms with Gasteiger partial charge in [-0.2, -0.15) is 0 Å². The van der Waals surface area contributed by atoms with Crippen LogP contribution in [0.4, 0.5) is 17.2 Å². The number of anilines is 3. The Kier molecular flexibility index (Phi) is 4.98. The molecule has 0 unspecified atom stereocenters. The van der Waals surface area contributed by atoms with E-state index >= 15 is 0 Å². The maximum atomic E-state index is 11.8. The van der Waals surface area contributed by atoms with Gasteiger partial charge in [-0.15, -0.1) is 0 Å². The van der Waals surface area contributed by atoms with E-state index in [1.165, 1.54) is 6.26 Å². The van der Waals surface area contributed by atoms with Crippen LogP contribution in [0.3, 0.4) is 0 Å². The van der Waals surface area contributed by atoms with Crippen molar-refractivity contribution in [2.75, 3.05) is 16.9 Å². The first-order valence-electron chi connectivity index (χ1n) is 9.15. The van der Waals surface area contributed by atoms with Crippen LogP contribution >= 0.6 is 0 Å². The average Bonchev–Trinajstić information content (AvgIpc) is 3.11. The summed E-state index contributed by atoms with van der Waals surface area (Å²) in [5.74, 6) is 2.48. The summed E-state index contributed by atoms with van der Waals surface area (Å²) in [5.41, 5.74) is 2.39. The predicted octanol–water partition coefficient (Wildman–Crippen LogP) is 4.90. The van der Waals surface area contributed by atoms with Crippen molar-refractivity contribution in [1.29, 1.82) is 0 Å². The van der Waals surface area contributed by atoms with Crippen LogP contribution in [0.15, 0.2) is 76.0 Å². The maximum Gasteiger partial charge on any atom is 0.175 e. The van der Waals surface area contributed by atoms with Gasteiger partial charge >= 0.3 is 0 Å². The zero-order valence-corrected chi connectivity index (χ0v) is 17.0. The minimum Gasteiger partial charge on any atom is -0.465 e. The number of nitrogens with zero attached hydrogens (tertiary/aromatic N) is 1. The SMILES string of the molecule is Cc1ccc(CNc2ccc3c(Nc4cccc(S(C)(=O)=O)c4)cccc3n2)o1. The third kappa shape index (κ3) is 4.41. The van der Waals surface area contributed by atoms with Crippen LogP contribution in [-0.4, -0.2) is 19.7 Å². The summed E-state index contributed by atoms with van der Waals surface area (Å²) in [6.45, 7) is 2.47. The van der Waals surface area contributed by atoms with Crippen LogP contribution in [-0.2, 0) is 16.4 Å². The van der Waals surface area contributed by atoms with Crippen LogP contribution in [0, 0.1) is 6.92 Å². The molecule has 0 atom stereocenters. The van der Waals surface area contributed by atoms with Gasteiger partial charge in [-0.1, -0.05) is 12.1 Å². The highest BCUT2D eigenvalue weighted by atomic mass is 32.2. The Hall–Kier alpha value is -3.32. The van der Waals surface area contributed by atoms with Crippen molar-refractivity contribution in [3.63, 3.8) is 0 Å². The molecule has 0 aliphatic rings. The second-order valence-corrected chi connectivity index (χ2v) is 8.88. The second-order valence-electron chi connectivity index (χ2n) is 6.86. The summed E-state index contributed by atoms with van der Waals surface area (Å²) in [7, 11) is -3.26. The quantitative estimate of drug-likeness (QED) is 0.473. The molecule has 0 aliphatic heterocycles. The number of nitrogens with one attached hydrogen (secondary N) is 2. The first-order chi connectivity index (χ1) is 13.9. The third-order valence-electron chi connectivity index (χ3n) is 4.51. The molecule has 0 saturated heterocycles. The van der Waals surface area contributed by atoms with Crippen LogP contribution in [0.25, 0.3) is 10.9 Å². The summed E-state index contributed by atoms with van der Waals surface area (Å²) in [5, 5.41) is 7.51. The average molecular weight is 407 g/mol. The molecule has 2 aromatic carbocycles. The summed E-state index contributed by atoms with van der Waals surface area (Å²) < 4.78 is 29.2. The number of benzene rings is 2. The fourth-order valence-corrected chi connectivity index (χ4v) is 3.75. The number of sulfone groups is 1. The van der Waals surface area contributed by atoms with E-state index in [2.05, 4.69) is 15.6 Å². The molecule has 0 aliphatic carbocycles. The van der Waals surface area contributed by atoms with E-state index in [1.54, 1.807) is 18.2 Å². The van der Waals surface area contributed by atoms with E-state index in [-0.39, 0.29) is 4.90 Å². The van der Waals surface area contributed by atoms with Crippen molar-refractivity contribution in [3.8, 4) is 0 Å². The Morgan fingerprint density at radius 1 is 1.00 bits per heavy atom. The zero-order chi connectivity index (χ0) is 20.4. The third-order valence-corrected chi connectivity index (χ3v) is 5.62. The van der Waals surface area contributed by atoms with Crippen molar-refractivity contribution in [3.05, 3.63) is 78.3 Å². The molecule has 4 aromatic rings. The summed E-state index contributed by atoms with van der Waals surface area (Å²) in [6.07, 6.45) is 1.20. The Morgan fingerprint density at radius 3 is 2.59 bits per heavy atom. The number of hydrogen-bond donors (Lipinski definition) is 2. The molecule has 0 spiro atoms. The number of hydrogen-bond acceptors (Lipinski definition) is 6. The van der Waals surface area contributed by atoms with Gasteiger partial charge in [0.1, 0.15) is 17.3 Å². The van der Waals surface area contributed by atoms with E-state index < -0.39 is 9.84 Å². The van der Waals surface area contributed by atoms with Gasteiger partial charge in [0.05, 0.1) is 17.0 Å². The van der Waals surface area contributed by atoms with Gasteiger partial charge < -0.3 is 15.1 Å². The topological polar surface area (TPSA) is 84.2 Å². The molecule has 0 saturated carbocycles. The second kappa shape index (κ2) is 7.60.